The molecule has 0 saturated heterocycles. The van der Waals surface area contributed by atoms with E-state index in [1.54, 1.807) is 0 Å². The van der Waals surface area contributed by atoms with E-state index < -0.39 is 29.3 Å². The molecule has 0 bridgehead atoms. The van der Waals surface area contributed by atoms with Crippen molar-refractivity contribution in [3.8, 4) is 0 Å². The highest BCUT2D eigenvalue weighted by molar-refractivity contribution is 5.89. The van der Waals surface area contributed by atoms with Crippen LogP contribution >= 0.6 is 0 Å². The van der Waals surface area contributed by atoms with E-state index in [0.717, 1.165) is 12.1 Å². The number of carboxylic acid groups (broad SMARTS) is 1. The minimum Gasteiger partial charge on any atom is -0.478 e. The van der Waals surface area contributed by atoms with Crippen LogP contribution in [0.15, 0.2) is 18.2 Å². The molecule has 6 nitrogen and oxygen atoms in total. The number of carboxylic acids is 1. The molecule has 0 amide bonds. The van der Waals surface area contributed by atoms with E-state index in [4.69, 9.17) is 5.11 Å². The van der Waals surface area contributed by atoms with Crippen LogP contribution < -0.4 is 5.32 Å². The third-order valence-electron chi connectivity index (χ3n) is 1.92. The maximum atomic E-state index is 12.0. The van der Waals surface area contributed by atoms with Gasteiger partial charge in [-0.2, -0.15) is 13.2 Å². The SMILES string of the molecule is O=C(O)c1ccc(NCC(F)(F)F)c([N+](=O)[O-])c1. The predicted molar refractivity (Wildman–Crippen MR) is 54.6 cm³/mol. The number of nitrogens with zero attached hydrogens (tertiary/aromatic N) is 1. The average Bonchev–Trinajstić information content (AvgIpc) is 2.24. The van der Waals surface area contributed by atoms with Gasteiger partial charge in [0.2, 0.25) is 0 Å². The summed E-state index contributed by atoms with van der Waals surface area (Å²) in [7, 11) is 0. The van der Waals surface area contributed by atoms with Crippen LogP contribution in [0.3, 0.4) is 0 Å². The lowest BCUT2D eigenvalue weighted by Crippen LogP contribution is -2.21. The first-order valence-corrected chi connectivity index (χ1v) is 4.53. The van der Waals surface area contributed by atoms with Crippen LogP contribution in [0, 0.1) is 10.1 Å². The van der Waals surface area contributed by atoms with E-state index >= 15 is 0 Å². The summed E-state index contributed by atoms with van der Waals surface area (Å²) in [6.45, 7) is -1.44. The molecule has 1 aromatic carbocycles. The van der Waals surface area contributed by atoms with Crippen LogP contribution in [0.2, 0.25) is 0 Å². The van der Waals surface area contributed by atoms with E-state index in [2.05, 4.69) is 0 Å². The number of rotatable bonds is 4. The molecular formula is C9H7F3N2O4. The van der Waals surface area contributed by atoms with Gasteiger partial charge in [-0.3, -0.25) is 10.1 Å². The lowest BCUT2D eigenvalue weighted by atomic mass is 10.1. The molecule has 0 aliphatic carbocycles. The Hall–Kier alpha value is -2.32. The number of hydrogen-bond acceptors (Lipinski definition) is 4. The molecule has 1 aromatic rings. The number of alkyl halides is 3. The van der Waals surface area contributed by atoms with Crippen molar-refractivity contribution in [3.63, 3.8) is 0 Å². The second-order valence-electron chi connectivity index (χ2n) is 3.26. The minimum absolute atomic E-state index is 0.376. The van der Waals surface area contributed by atoms with Crippen molar-refractivity contribution in [3.05, 3.63) is 33.9 Å². The Morgan fingerprint density at radius 3 is 2.50 bits per heavy atom. The first kappa shape index (κ1) is 13.7. The van der Waals surface area contributed by atoms with Crippen molar-refractivity contribution >= 4 is 17.3 Å². The Bertz CT molecular complexity index is 487. The lowest BCUT2D eigenvalue weighted by molar-refractivity contribution is -0.384. The van der Waals surface area contributed by atoms with Crippen LogP contribution in [-0.2, 0) is 0 Å². The summed E-state index contributed by atoms with van der Waals surface area (Å²) >= 11 is 0. The van der Waals surface area contributed by atoms with Gasteiger partial charge in [-0.25, -0.2) is 4.79 Å². The summed E-state index contributed by atoms with van der Waals surface area (Å²) in [6.07, 6.45) is -4.53. The van der Waals surface area contributed by atoms with Crippen LogP contribution in [0.1, 0.15) is 10.4 Å². The molecule has 0 aliphatic rings. The smallest absolute Gasteiger partial charge is 0.405 e. The first-order chi connectivity index (χ1) is 8.20. The molecule has 1 rings (SSSR count). The highest BCUT2D eigenvalue weighted by Gasteiger charge is 2.28. The number of hydrogen-bond donors (Lipinski definition) is 2. The second kappa shape index (κ2) is 4.90. The van der Waals surface area contributed by atoms with Crippen LogP contribution in [0.5, 0.6) is 0 Å². The van der Waals surface area contributed by atoms with Gasteiger partial charge in [0, 0.05) is 6.07 Å². The van der Waals surface area contributed by atoms with E-state index in [0.29, 0.717) is 6.07 Å². The molecule has 0 aromatic heterocycles. The number of anilines is 1. The molecule has 9 heteroatoms. The molecule has 0 aliphatic heterocycles. The minimum atomic E-state index is -4.53. The second-order valence-corrected chi connectivity index (χ2v) is 3.26. The first-order valence-electron chi connectivity index (χ1n) is 4.53. The highest BCUT2D eigenvalue weighted by Crippen LogP contribution is 2.27. The van der Waals surface area contributed by atoms with Crippen molar-refractivity contribution in [1.29, 1.82) is 0 Å². The fraction of sp³-hybridized carbons (Fsp3) is 0.222. The zero-order valence-electron chi connectivity index (χ0n) is 8.69. The summed E-state index contributed by atoms with van der Waals surface area (Å²) in [6, 6.07) is 2.60. The van der Waals surface area contributed by atoms with Crippen molar-refractivity contribution in [2.75, 3.05) is 11.9 Å². The van der Waals surface area contributed by atoms with E-state index in [-0.39, 0.29) is 11.3 Å². The zero-order valence-corrected chi connectivity index (χ0v) is 8.69. The Labute approximate surface area is 98.2 Å². The standard InChI is InChI=1S/C9H7F3N2O4/c10-9(11,12)4-13-6-2-1-5(8(15)16)3-7(6)14(17)18/h1-3,13H,4H2,(H,15,16). The molecule has 0 saturated carbocycles. The number of nitro benzene ring substituents is 1. The van der Waals surface area contributed by atoms with Gasteiger partial charge in [0.1, 0.15) is 12.2 Å². The number of nitrogens with one attached hydrogen (secondary N) is 1. The van der Waals surface area contributed by atoms with Crippen molar-refractivity contribution in [1.82, 2.24) is 0 Å². The molecular weight excluding hydrogens is 257 g/mol. The quantitative estimate of drug-likeness (QED) is 0.642. The Balaban J connectivity index is 3.05. The number of nitro groups is 1. The summed E-state index contributed by atoms with van der Waals surface area (Å²) in [5.74, 6) is -1.40. The third-order valence-corrected chi connectivity index (χ3v) is 1.92. The van der Waals surface area contributed by atoms with Crippen LogP contribution in [0.4, 0.5) is 24.5 Å². The third kappa shape index (κ3) is 3.61. The monoisotopic (exact) mass is 264 g/mol. The van der Waals surface area contributed by atoms with E-state index in [1.807, 2.05) is 5.32 Å². The number of benzene rings is 1. The Morgan fingerprint density at radius 2 is 2.06 bits per heavy atom. The fourth-order valence-electron chi connectivity index (χ4n) is 1.16. The van der Waals surface area contributed by atoms with Gasteiger partial charge in [0.25, 0.3) is 5.69 Å². The van der Waals surface area contributed by atoms with Crippen molar-refractivity contribution < 1.29 is 28.0 Å². The van der Waals surface area contributed by atoms with Gasteiger partial charge in [0.15, 0.2) is 0 Å². The van der Waals surface area contributed by atoms with Gasteiger partial charge in [-0.15, -0.1) is 0 Å². The molecule has 0 atom stereocenters. The van der Waals surface area contributed by atoms with Crippen LogP contribution in [-0.4, -0.2) is 28.7 Å². The summed E-state index contributed by atoms with van der Waals surface area (Å²) in [5.41, 5.74) is -1.49. The van der Waals surface area contributed by atoms with Crippen molar-refractivity contribution in [2.24, 2.45) is 0 Å². The molecule has 0 unspecified atom stereocenters. The fourth-order valence-corrected chi connectivity index (χ4v) is 1.16. The van der Waals surface area contributed by atoms with Crippen LogP contribution in [0.25, 0.3) is 0 Å². The van der Waals surface area contributed by atoms with Gasteiger partial charge >= 0.3 is 12.1 Å². The molecule has 0 spiro atoms. The van der Waals surface area contributed by atoms with Gasteiger partial charge in [-0.05, 0) is 12.1 Å². The largest absolute Gasteiger partial charge is 0.478 e. The Morgan fingerprint density at radius 1 is 1.44 bits per heavy atom. The molecule has 0 fully saturated rings. The van der Waals surface area contributed by atoms with E-state index in [1.165, 1.54) is 0 Å². The molecule has 2 N–H and O–H groups in total. The van der Waals surface area contributed by atoms with Gasteiger partial charge in [0.05, 0.1) is 10.5 Å². The average molecular weight is 264 g/mol. The summed E-state index contributed by atoms with van der Waals surface area (Å²) < 4.78 is 35.9. The predicted octanol–water partition coefficient (Wildman–Crippen LogP) is 2.27. The van der Waals surface area contributed by atoms with Crippen molar-refractivity contribution in [2.45, 2.75) is 6.18 Å². The van der Waals surface area contributed by atoms with Gasteiger partial charge in [-0.1, -0.05) is 0 Å². The lowest BCUT2D eigenvalue weighted by Gasteiger charge is -2.10. The van der Waals surface area contributed by atoms with E-state index in [9.17, 15) is 28.1 Å². The summed E-state index contributed by atoms with van der Waals surface area (Å²) in [4.78, 5) is 20.2. The topological polar surface area (TPSA) is 92.5 Å². The normalized spacial score (nSPS) is 11.1. The maximum absolute atomic E-state index is 12.0. The Kier molecular flexibility index (Phi) is 3.74. The molecule has 0 heterocycles. The number of carbonyl (C=O) groups is 1. The van der Waals surface area contributed by atoms with Gasteiger partial charge < -0.3 is 10.4 Å². The zero-order chi connectivity index (χ0) is 13.9. The molecule has 18 heavy (non-hydrogen) atoms. The molecule has 98 valence electrons. The number of aromatic carboxylic acids is 1. The highest BCUT2D eigenvalue weighted by atomic mass is 19.4. The molecule has 0 radical (unpaired) electrons. The maximum Gasteiger partial charge on any atom is 0.405 e. The summed E-state index contributed by atoms with van der Waals surface area (Å²) in [5, 5.41) is 21.1. The number of halogens is 3.